The van der Waals surface area contributed by atoms with Crippen LogP contribution in [0.5, 0.6) is 0 Å². The lowest BCUT2D eigenvalue weighted by Gasteiger charge is -2.29. The summed E-state index contributed by atoms with van der Waals surface area (Å²) < 4.78 is 154. The Morgan fingerprint density at radius 2 is 0.773 bits per heavy atom. The Balaban J connectivity index is 0.000000176. The highest BCUT2D eigenvalue weighted by Gasteiger charge is 2.62. The molecule has 50 heteroatoms. The molecule has 7 aromatic rings. The third-order valence-corrected chi connectivity index (χ3v) is 18.2. The molecule has 3 aliphatic carbocycles. The monoisotopic (exact) mass is 1770 g/mol. The fourth-order valence-electron chi connectivity index (χ4n) is 9.51. The number of carbonyl (C=O) groups excluding carboxylic acids is 8. The standard InChI is InChI=1S/2C17H14ClF3N6O3.C9H5BrClF3N2O2.C8H10N4O.C6H4BrClN2O2.C3H3F3O/c2*1-16(17(19,20)21)26-14(29)12-8(18)4-9(15(30)27(12)16)24-10-5-11(23-6-22-10)25-13(28)7-2-3-7;1-8(9(12,13)14)15-6(17)5-4(11)2-3(10)7(18)16(5)8;9-6-3-7(11-4-10-6)12-8(13)5-1-2-5;7-2-1-3(8)4(5(9)11)10-6(2)12;1-2(7)3(4,5)6/h2*4-7H,2-3H2,1H3,(H,26,29)(H2,22,23,24,25,28);2H,1H3,(H,15,17);3-5H,1-2H2,(H3,9,10,11,12,13);1H,(H2,9,11)(H,10,12);1H3. The number of fused-ring (bicyclic) bond motifs is 3. The van der Waals surface area contributed by atoms with E-state index in [-0.39, 0.29) is 114 Å². The first-order chi connectivity index (χ1) is 50.8. The van der Waals surface area contributed by atoms with Crippen LogP contribution in [0.4, 0.5) is 99.0 Å². The Bertz CT molecular complexity index is 5000. The van der Waals surface area contributed by atoms with E-state index in [2.05, 4.69) is 93.3 Å². The van der Waals surface area contributed by atoms with E-state index in [4.69, 9.17) is 57.9 Å². The lowest BCUT2D eigenvalue weighted by atomic mass is 10.2. The molecule has 110 heavy (non-hydrogen) atoms. The number of hydrogen-bond donors (Lipinski definition) is 11. The van der Waals surface area contributed by atoms with Crippen molar-refractivity contribution in [3.63, 3.8) is 0 Å². The van der Waals surface area contributed by atoms with Crippen LogP contribution >= 0.6 is 78.3 Å². The summed E-state index contributed by atoms with van der Waals surface area (Å²) in [4.78, 5) is 164. The number of carbonyl (C=O) groups is 8. The molecule has 0 spiro atoms. The molecule has 13 N–H and O–H groups in total. The average molecular weight is 1770 g/mol. The summed E-state index contributed by atoms with van der Waals surface area (Å²) in [6.45, 7) is 2.52. The van der Waals surface area contributed by atoms with Gasteiger partial charge < -0.3 is 59.0 Å². The summed E-state index contributed by atoms with van der Waals surface area (Å²) in [6.07, 6.45) is -10.7. The number of aromatic amines is 1. The average Bonchev–Trinajstić information content (AvgIpc) is 1.57. The number of nitrogen functional groups attached to an aromatic ring is 1. The van der Waals surface area contributed by atoms with Crippen LogP contribution in [0.25, 0.3) is 0 Å². The van der Waals surface area contributed by atoms with Crippen molar-refractivity contribution in [2.75, 3.05) is 32.3 Å². The highest BCUT2D eigenvalue weighted by molar-refractivity contribution is 9.10. The Hall–Kier alpha value is -10.3. The molecule has 3 aliphatic heterocycles. The normalized spacial score (nSPS) is 18.5. The van der Waals surface area contributed by atoms with Crippen molar-refractivity contribution in [2.24, 2.45) is 23.5 Å². The number of aromatic nitrogens is 10. The molecule has 3 unspecified atom stereocenters. The van der Waals surface area contributed by atoms with Crippen LogP contribution in [0, 0.1) is 17.8 Å². The maximum absolute atomic E-state index is 13.6. The van der Waals surface area contributed by atoms with E-state index in [1.807, 2.05) is 0 Å². The number of amides is 7. The summed E-state index contributed by atoms with van der Waals surface area (Å²) >= 11 is 29.1. The maximum atomic E-state index is 13.6. The minimum atomic E-state index is -4.96. The van der Waals surface area contributed by atoms with Gasteiger partial charge in [0.25, 0.3) is 45.9 Å². The van der Waals surface area contributed by atoms with Gasteiger partial charge in [-0.1, -0.05) is 46.4 Å². The third kappa shape index (κ3) is 19.1. The Morgan fingerprint density at radius 1 is 0.473 bits per heavy atom. The highest BCUT2D eigenvalue weighted by atomic mass is 79.9. The second kappa shape index (κ2) is 32.3. The molecule has 3 fully saturated rings. The van der Waals surface area contributed by atoms with E-state index in [0.717, 1.165) is 69.4 Å². The van der Waals surface area contributed by atoms with E-state index in [1.165, 1.54) is 24.5 Å². The zero-order valence-corrected chi connectivity index (χ0v) is 61.8. The van der Waals surface area contributed by atoms with Gasteiger partial charge in [-0.05, 0) is 115 Å². The first kappa shape index (κ1) is 85.3. The molecule has 588 valence electrons. The van der Waals surface area contributed by atoms with Crippen LogP contribution in [0.3, 0.4) is 0 Å². The van der Waals surface area contributed by atoms with Gasteiger partial charge in [0.1, 0.15) is 88.0 Å². The predicted molar refractivity (Wildman–Crippen MR) is 373 cm³/mol. The predicted octanol–water partition coefficient (Wildman–Crippen LogP) is 9.40. The number of nitrogens with two attached hydrogens (primary N) is 2. The molecule has 0 saturated heterocycles. The van der Waals surface area contributed by atoms with Crippen molar-refractivity contribution in [3.05, 3.63) is 155 Å². The number of Topliss-reactive ketones (excluding diaryl/α,β-unsaturated/α-hetero) is 1. The lowest BCUT2D eigenvalue weighted by Crippen LogP contribution is -2.55. The Morgan fingerprint density at radius 3 is 1.08 bits per heavy atom. The molecular formula is C60H50Br2Cl4F12N20O12. The van der Waals surface area contributed by atoms with Gasteiger partial charge in [0.05, 0.1) is 29.0 Å². The van der Waals surface area contributed by atoms with Gasteiger partial charge >= 0.3 is 24.7 Å². The summed E-state index contributed by atoms with van der Waals surface area (Å²) in [7, 11) is 0. The van der Waals surface area contributed by atoms with Crippen molar-refractivity contribution < 1.29 is 91.0 Å². The lowest BCUT2D eigenvalue weighted by molar-refractivity contribution is -0.213. The number of hydrogen-bond acceptors (Lipinski definition) is 21. The second-order valence-electron chi connectivity index (χ2n) is 24.2. The topological polar surface area (TPSA) is 461 Å². The van der Waals surface area contributed by atoms with Crippen molar-refractivity contribution >= 4 is 172 Å². The summed E-state index contributed by atoms with van der Waals surface area (Å²) in [5.74, 6) is -4.89. The van der Waals surface area contributed by atoms with Crippen LogP contribution in [0.1, 0.15) is 108 Å². The minimum Gasteiger partial charge on any atom is -0.384 e. The number of anilines is 8. The number of ketones is 1. The number of nitrogens with zero attached hydrogens (tertiary/aromatic N) is 9. The van der Waals surface area contributed by atoms with E-state index >= 15 is 0 Å². The van der Waals surface area contributed by atoms with Gasteiger partial charge in [-0.3, -0.25) is 71.2 Å². The molecule has 0 bridgehead atoms. The van der Waals surface area contributed by atoms with E-state index in [9.17, 15) is 110 Å². The number of halogens is 18. The fourth-order valence-corrected chi connectivity index (χ4v) is 11.6. The van der Waals surface area contributed by atoms with Crippen LogP contribution in [-0.2, 0) is 36.2 Å². The van der Waals surface area contributed by atoms with E-state index in [0.29, 0.717) is 43.9 Å². The van der Waals surface area contributed by atoms with Crippen LogP contribution in [0.15, 0.2) is 89.6 Å². The molecule has 7 amide bonds. The molecule has 3 atom stereocenters. The van der Waals surface area contributed by atoms with Crippen molar-refractivity contribution in [1.82, 2.24) is 64.5 Å². The number of primary amides is 1. The number of rotatable bonds is 11. The van der Waals surface area contributed by atoms with Crippen molar-refractivity contribution in [1.29, 1.82) is 0 Å². The molecule has 13 rings (SSSR count). The van der Waals surface area contributed by atoms with E-state index in [1.54, 1.807) is 22.0 Å². The molecule has 32 nitrogen and oxygen atoms in total. The SMILES string of the molecule is CC(=O)C(F)(F)F.CC1(C(F)(F)F)NC(=O)c2c(Cl)cc(Br)c(=O)n21.CC1(C(F)(F)F)NC(=O)c2c(Cl)cc(Nc3cc(NC(=O)C4CC4)ncn3)c(=O)n21.CC1(C(F)(F)F)NC(=O)c2c(Cl)cc(Nc3cc(NC(=O)C4CC4)ncn3)c(=O)n21.NC(=O)c1[nH]c(=O)c(Br)cc1Cl.Nc1cc(NC(=O)C2CC2)ncn1. The number of alkyl halides is 12. The molecule has 7 aromatic heterocycles. The maximum Gasteiger partial charge on any atom is 0.449 e. The van der Waals surface area contributed by atoms with Gasteiger partial charge in [0, 0.05) is 42.9 Å². The summed E-state index contributed by atoms with van der Waals surface area (Å²) in [5, 5.41) is 17.5. The zero-order chi connectivity index (χ0) is 82.2. The van der Waals surface area contributed by atoms with E-state index < -0.39 is 110 Å². The van der Waals surface area contributed by atoms with Crippen molar-refractivity contribution in [2.45, 2.75) is 108 Å². The number of pyridine rings is 4. The molecule has 10 heterocycles. The van der Waals surface area contributed by atoms with Crippen LogP contribution in [0.2, 0.25) is 20.1 Å². The second-order valence-corrected chi connectivity index (χ2v) is 27.6. The largest absolute Gasteiger partial charge is 0.449 e. The smallest absolute Gasteiger partial charge is 0.384 e. The van der Waals surface area contributed by atoms with Crippen molar-refractivity contribution in [3.8, 4) is 0 Å². The summed E-state index contributed by atoms with van der Waals surface area (Å²) in [5.41, 5.74) is -4.49. The Kier molecular flexibility index (Phi) is 25.1. The van der Waals surface area contributed by atoms with Crippen LogP contribution < -0.4 is 76.2 Å². The molecule has 0 radical (unpaired) electrons. The van der Waals surface area contributed by atoms with Gasteiger partial charge in [-0.25, -0.2) is 29.9 Å². The first-order valence-electron chi connectivity index (χ1n) is 30.7. The molecule has 3 saturated carbocycles. The fraction of sp³-hybridized carbons (Fsp3) is 0.333. The first-order valence-corrected chi connectivity index (χ1v) is 33.8. The molecular weight excluding hydrogens is 1720 g/mol. The molecule has 6 aliphatic rings. The van der Waals surface area contributed by atoms with Gasteiger partial charge in [-0.15, -0.1) is 0 Å². The quantitative estimate of drug-likeness (QED) is 0.0537. The minimum absolute atomic E-state index is 0.0260. The molecule has 0 aromatic carbocycles. The van der Waals surface area contributed by atoms with Crippen LogP contribution in [-0.4, -0.2) is 120 Å². The van der Waals surface area contributed by atoms with Gasteiger partial charge in [0.15, 0.2) is 0 Å². The summed E-state index contributed by atoms with van der Waals surface area (Å²) in [6, 6.07) is 8.68. The third-order valence-electron chi connectivity index (χ3n) is 15.9. The van der Waals surface area contributed by atoms with Gasteiger partial charge in [-0.2, -0.15) is 52.7 Å². The highest BCUT2D eigenvalue weighted by Crippen LogP contribution is 2.43. The zero-order valence-electron chi connectivity index (χ0n) is 55.6. The number of nitrogens with one attached hydrogen (secondary N) is 9. The number of H-pyrrole nitrogens is 1. The Labute approximate surface area is 642 Å². The van der Waals surface area contributed by atoms with Gasteiger partial charge in [0.2, 0.25) is 40.5 Å².